The number of benzene rings is 1. The van der Waals surface area contributed by atoms with Gasteiger partial charge in [-0.3, -0.25) is 9.30 Å². The zero-order valence-corrected chi connectivity index (χ0v) is 16.3. The lowest BCUT2D eigenvalue weighted by atomic mass is 9.74. The molecule has 2 fully saturated rings. The number of alkyl halides is 3. The van der Waals surface area contributed by atoms with Crippen LogP contribution in [0.1, 0.15) is 31.2 Å². The molecule has 7 nitrogen and oxygen atoms in total. The van der Waals surface area contributed by atoms with Gasteiger partial charge in [-0.1, -0.05) is 0 Å². The quantitative estimate of drug-likeness (QED) is 0.677. The number of hydrogen-bond acceptors (Lipinski definition) is 6. The van der Waals surface area contributed by atoms with E-state index in [1.807, 2.05) is 0 Å². The minimum Gasteiger partial charge on any atom is -0.507 e. The Hall–Kier alpha value is -2.88. The minimum atomic E-state index is -4.54. The van der Waals surface area contributed by atoms with Gasteiger partial charge in [-0.15, -0.1) is 10.2 Å². The number of halogens is 3. The van der Waals surface area contributed by atoms with Crippen molar-refractivity contribution in [2.75, 3.05) is 18.9 Å². The highest BCUT2D eigenvalue weighted by Gasteiger charge is 2.47. The number of phenolic OH excluding ortho intramolecular Hbond substituents is 1. The van der Waals surface area contributed by atoms with Crippen LogP contribution in [0.15, 0.2) is 30.6 Å². The summed E-state index contributed by atoms with van der Waals surface area (Å²) in [4.78, 5) is 6.75. The molecular weight excluding hydrogens is 397 g/mol. The summed E-state index contributed by atoms with van der Waals surface area (Å²) >= 11 is 0. The molecule has 1 aliphatic carbocycles. The highest BCUT2D eigenvalue weighted by Crippen LogP contribution is 2.45. The highest BCUT2D eigenvalue weighted by molar-refractivity contribution is 5.71. The summed E-state index contributed by atoms with van der Waals surface area (Å²) < 4.78 is 40.3. The molecule has 2 aliphatic rings. The zero-order chi connectivity index (χ0) is 21.1. The van der Waals surface area contributed by atoms with Crippen LogP contribution in [-0.2, 0) is 6.18 Å². The van der Waals surface area contributed by atoms with Gasteiger partial charge in [-0.2, -0.15) is 13.2 Å². The van der Waals surface area contributed by atoms with Gasteiger partial charge in [0.15, 0.2) is 17.3 Å². The number of aromatic hydroxyl groups is 1. The Morgan fingerprint density at radius 3 is 2.67 bits per heavy atom. The van der Waals surface area contributed by atoms with Crippen molar-refractivity contribution in [1.82, 2.24) is 24.5 Å². The van der Waals surface area contributed by atoms with E-state index in [0.29, 0.717) is 17.5 Å². The molecule has 2 N–H and O–H groups in total. The van der Waals surface area contributed by atoms with Crippen molar-refractivity contribution in [2.24, 2.45) is 0 Å². The second-order valence-corrected chi connectivity index (χ2v) is 8.23. The van der Waals surface area contributed by atoms with E-state index in [9.17, 15) is 18.3 Å². The Balaban J connectivity index is 1.46. The van der Waals surface area contributed by atoms with Gasteiger partial charge >= 0.3 is 6.18 Å². The fraction of sp³-hybridized carbons (Fsp3) is 0.450. The van der Waals surface area contributed by atoms with Crippen LogP contribution in [0, 0.1) is 0 Å². The number of imidazole rings is 1. The van der Waals surface area contributed by atoms with Gasteiger partial charge in [0.2, 0.25) is 0 Å². The molecular formula is C20H21F3N6O. The maximum Gasteiger partial charge on any atom is 0.416 e. The van der Waals surface area contributed by atoms with Crippen molar-refractivity contribution >= 4 is 11.5 Å². The first-order valence-corrected chi connectivity index (χ1v) is 9.85. The lowest BCUT2D eigenvalue weighted by molar-refractivity contribution is -0.137. The molecule has 1 spiro atoms. The average molecular weight is 418 g/mol. The van der Waals surface area contributed by atoms with Crippen molar-refractivity contribution in [1.29, 1.82) is 0 Å². The summed E-state index contributed by atoms with van der Waals surface area (Å²) in [6.07, 6.45) is 3.38. The van der Waals surface area contributed by atoms with Crippen LogP contribution in [-0.4, -0.2) is 54.8 Å². The molecule has 30 heavy (non-hydrogen) atoms. The van der Waals surface area contributed by atoms with Crippen LogP contribution in [0.25, 0.3) is 17.0 Å². The first-order chi connectivity index (χ1) is 14.3. The third-order valence-electron chi connectivity index (χ3n) is 6.45. The van der Waals surface area contributed by atoms with E-state index >= 15 is 0 Å². The van der Waals surface area contributed by atoms with E-state index in [1.165, 1.54) is 25.3 Å². The van der Waals surface area contributed by atoms with Gasteiger partial charge in [0.1, 0.15) is 5.75 Å². The lowest BCUT2D eigenvalue weighted by Crippen LogP contribution is -2.46. The van der Waals surface area contributed by atoms with Crippen molar-refractivity contribution in [3.8, 4) is 17.1 Å². The highest BCUT2D eigenvalue weighted by atomic mass is 19.4. The Morgan fingerprint density at radius 1 is 1.23 bits per heavy atom. The van der Waals surface area contributed by atoms with Crippen LogP contribution in [0.3, 0.4) is 0 Å². The van der Waals surface area contributed by atoms with Crippen LogP contribution in [0.2, 0.25) is 0 Å². The summed E-state index contributed by atoms with van der Waals surface area (Å²) in [5.74, 6) is 0.224. The molecule has 1 aliphatic heterocycles. The Morgan fingerprint density at radius 2 is 2.03 bits per heavy atom. The summed E-state index contributed by atoms with van der Waals surface area (Å²) in [5, 5.41) is 22.1. The van der Waals surface area contributed by atoms with Gasteiger partial charge in [-0.05, 0) is 50.9 Å². The number of anilines is 1. The van der Waals surface area contributed by atoms with Gasteiger partial charge in [-0.25, -0.2) is 4.98 Å². The number of nitrogens with zero attached hydrogens (tertiary/aromatic N) is 5. The molecule has 0 radical (unpaired) electrons. The van der Waals surface area contributed by atoms with Crippen LogP contribution in [0.4, 0.5) is 19.0 Å². The van der Waals surface area contributed by atoms with Gasteiger partial charge in [0.05, 0.1) is 11.1 Å². The number of hydrogen-bond donors (Lipinski definition) is 2. The molecule has 5 rings (SSSR count). The van der Waals surface area contributed by atoms with Crippen LogP contribution < -0.4 is 5.32 Å². The summed E-state index contributed by atoms with van der Waals surface area (Å²) in [5.41, 5.74) is 0.0192. The predicted molar refractivity (Wildman–Crippen MR) is 104 cm³/mol. The molecule has 1 atom stereocenters. The first-order valence-electron chi connectivity index (χ1n) is 9.85. The Labute approximate surface area is 170 Å². The molecule has 1 saturated heterocycles. The molecule has 0 amide bonds. The molecule has 2 aromatic heterocycles. The third kappa shape index (κ3) is 2.97. The second-order valence-electron chi connectivity index (χ2n) is 8.23. The van der Waals surface area contributed by atoms with Crippen molar-refractivity contribution < 1.29 is 18.3 Å². The van der Waals surface area contributed by atoms with Gasteiger partial charge < -0.3 is 10.4 Å². The number of rotatable bonds is 3. The van der Waals surface area contributed by atoms with Gasteiger partial charge in [0.25, 0.3) is 0 Å². The number of likely N-dealkylation sites (tertiary alicyclic amines) is 1. The normalized spacial score (nSPS) is 21.3. The Kier molecular flexibility index (Phi) is 4.18. The average Bonchev–Trinajstić information content (AvgIpc) is 3.26. The number of likely N-dealkylation sites (N-methyl/N-ethyl adjacent to an activating group) is 1. The molecule has 10 heteroatoms. The smallest absolute Gasteiger partial charge is 0.416 e. The number of fused-ring (bicyclic) bond motifs is 1. The van der Waals surface area contributed by atoms with Crippen molar-refractivity contribution in [3.63, 3.8) is 0 Å². The molecule has 158 valence electrons. The van der Waals surface area contributed by atoms with Crippen molar-refractivity contribution in [3.05, 3.63) is 36.2 Å². The SMILES string of the molecule is CN1CC(Nc2nnc(-c3ccc(C(F)(F)F)cc3O)n3ccnc23)CC12CCC2. The van der Waals surface area contributed by atoms with Crippen LogP contribution >= 0.6 is 0 Å². The topological polar surface area (TPSA) is 78.6 Å². The fourth-order valence-corrected chi connectivity index (χ4v) is 4.68. The number of nitrogens with one attached hydrogen (secondary N) is 1. The summed E-state index contributed by atoms with van der Waals surface area (Å²) in [6.45, 7) is 0.899. The van der Waals surface area contributed by atoms with E-state index in [1.54, 1.807) is 16.8 Å². The number of aromatic nitrogens is 4. The maximum absolute atomic E-state index is 12.9. The van der Waals surface area contributed by atoms with E-state index in [2.05, 4.69) is 32.4 Å². The summed E-state index contributed by atoms with van der Waals surface area (Å²) in [6, 6.07) is 3.02. The standard InChI is InChI=1S/C20H21F3N6O/c1-28-11-13(10-19(28)5-2-6-19)25-16-18-24-7-8-29(18)17(27-26-16)14-4-3-12(9-15(14)30)20(21,22)23/h3-4,7-9,13,30H,2,5-6,10-11H2,1H3,(H,25,26). The van der Waals surface area contributed by atoms with E-state index < -0.39 is 17.5 Å². The molecule has 3 aromatic rings. The predicted octanol–water partition coefficient (Wildman–Crippen LogP) is 3.55. The zero-order valence-electron chi connectivity index (χ0n) is 16.3. The molecule has 1 aromatic carbocycles. The largest absolute Gasteiger partial charge is 0.507 e. The monoisotopic (exact) mass is 418 g/mol. The van der Waals surface area contributed by atoms with Gasteiger partial charge in [0, 0.05) is 30.5 Å². The van der Waals surface area contributed by atoms with E-state index in [-0.39, 0.29) is 23.0 Å². The maximum atomic E-state index is 12.9. The lowest BCUT2D eigenvalue weighted by Gasteiger charge is -2.44. The van der Waals surface area contributed by atoms with E-state index in [0.717, 1.165) is 19.0 Å². The summed E-state index contributed by atoms with van der Waals surface area (Å²) in [7, 11) is 2.15. The second kappa shape index (κ2) is 6.56. The minimum absolute atomic E-state index is 0.152. The number of phenols is 1. The van der Waals surface area contributed by atoms with E-state index in [4.69, 9.17) is 0 Å². The molecule has 1 unspecified atom stereocenters. The molecule has 3 heterocycles. The first kappa shape index (κ1) is 19.1. The van der Waals surface area contributed by atoms with Crippen LogP contribution in [0.5, 0.6) is 5.75 Å². The third-order valence-corrected chi connectivity index (χ3v) is 6.45. The fourth-order valence-electron chi connectivity index (χ4n) is 4.68. The molecule has 0 bridgehead atoms. The van der Waals surface area contributed by atoms with Crippen molar-refractivity contribution in [2.45, 2.75) is 43.4 Å². The Bertz CT molecular complexity index is 1110. The molecule has 1 saturated carbocycles.